The molecule has 17 heavy (non-hydrogen) atoms. The summed E-state index contributed by atoms with van der Waals surface area (Å²) < 4.78 is 0. The molecule has 2 aromatic carbocycles. The van der Waals surface area contributed by atoms with Gasteiger partial charge in [-0.05, 0) is 24.6 Å². The van der Waals surface area contributed by atoms with Crippen LogP contribution in [0.5, 0.6) is 0 Å². The molecular weight excluding hydrogens is 210 g/mol. The minimum absolute atomic E-state index is 0.102. The molecule has 1 atom stereocenters. The summed E-state index contributed by atoms with van der Waals surface area (Å²) in [6.07, 6.45) is 0. The maximum absolute atomic E-state index is 11.9. The van der Waals surface area contributed by atoms with Crippen molar-refractivity contribution >= 4 is 5.91 Å². The van der Waals surface area contributed by atoms with E-state index in [0.717, 1.165) is 5.56 Å². The summed E-state index contributed by atoms with van der Waals surface area (Å²) in [5.41, 5.74) is 1.65. The van der Waals surface area contributed by atoms with Crippen LogP contribution in [0.3, 0.4) is 0 Å². The van der Waals surface area contributed by atoms with Crippen LogP contribution >= 0.6 is 0 Å². The molecule has 2 heteroatoms. The zero-order chi connectivity index (χ0) is 12.1. The first-order valence-electron chi connectivity index (χ1n) is 5.51. The molecule has 0 aliphatic heterocycles. The lowest BCUT2D eigenvalue weighted by Crippen LogP contribution is -2.26. The first kappa shape index (κ1) is 11.4. The van der Waals surface area contributed by atoms with Gasteiger partial charge in [-0.1, -0.05) is 48.5 Å². The van der Waals surface area contributed by atoms with Gasteiger partial charge in [0, 0.05) is 5.56 Å². The van der Waals surface area contributed by atoms with E-state index in [1.54, 1.807) is 12.1 Å². The van der Waals surface area contributed by atoms with Crippen molar-refractivity contribution in [2.24, 2.45) is 0 Å². The molecule has 2 nitrogen and oxygen atoms in total. The molecular formula is C15H14NO. The number of carbonyl (C=O) groups is 1. The minimum Gasteiger partial charge on any atom is -0.345 e. The van der Waals surface area contributed by atoms with Crippen LogP contribution in [0.1, 0.15) is 22.0 Å². The molecule has 0 aliphatic carbocycles. The number of rotatable bonds is 3. The van der Waals surface area contributed by atoms with Crippen LogP contribution in [0.25, 0.3) is 0 Å². The molecule has 1 radical (unpaired) electrons. The lowest BCUT2D eigenvalue weighted by molar-refractivity contribution is 0.0944. The Morgan fingerprint density at radius 1 is 0.941 bits per heavy atom. The largest absolute Gasteiger partial charge is 0.345 e. The maximum Gasteiger partial charge on any atom is 0.251 e. The number of nitrogens with one attached hydrogen (secondary N) is 1. The maximum atomic E-state index is 11.9. The predicted octanol–water partition coefficient (Wildman–Crippen LogP) is 2.99. The van der Waals surface area contributed by atoms with Crippen LogP contribution in [0, 0.1) is 6.92 Å². The molecule has 85 valence electrons. The topological polar surface area (TPSA) is 29.1 Å². The van der Waals surface area contributed by atoms with Gasteiger partial charge < -0.3 is 5.32 Å². The first-order chi connectivity index (χ1) is 8.27. The van der Waals surface area contributed by atoms with Gasteiger partial charge in [0.25, 0.3) is 5.91 Å². The van der Waals surface area contributed by atoms with Crippen LogP contribution in [-0.2, 0) is 0 Å². The predicted molar refractivity (Wildman–Crippen MR) is 68.4 cm³/mol. The molecule has 1 N–H and O–H groups in total. The van der Waals surface area contributed by atoms with Crippen molar-refractivity contribution in [3.8, 4) is 0 Å². The minimum atomic E-state index is -0.232. The van der Waals surface area contributed by atoms with Crippen molar-refractivity contribution in [1.82, 2.24) is 5.32 Å². The summed E-state index contributed by atoms with van der Waals surface area (Å²) in [7, 11) is 0. The molecule has 2 rings (SSSR count). The third-order valence-electron chi connectivity index (χ3n) is 2.54. The Morgan fingerprint density at radius 3 is 2.06 bits per heavy atom. The Hall–Kier alpha value is -2.09. The highest BCUT2D eigenvalue weighted by Gasteiger charge is 2.10. The monoisotopic (exact) mass is 224 g/mol. The number of benzene rings is 2. The van der Waals surface area contributed by atoms with Gasteiger partial charge in [0.15, 0.2) is 0 Å². The molecule has 0 heterocycles. The normalized spacial score (nSPS) is 11.8. The Labute approximate surface area is 101 Å². The zero-order valence-electron chi connectivity index (χ0n) is 9.47. The fraction of sp³-hybridized carbons (Fsp3) is 0.0667. The molecule has 1 unspecified atom stereocenters. The van der Waals surface area contributed by atoms with E-state index >= 15 is 0 Å². The average molecular weight is 224 g/mol. The van der Waals surface area contributed by atoms with E-state index in [2.05, 4.69) is 12.2 Å². The van der Waals surface area contributed by atoms with E-state index in [-0.39, 0.29) is 11.9 Å². The summed E-state index contributed by atoms with van der Waals surface area (Å²) in [6.45, 7) is 3.94. The van der Waals surface area contributed by atoms with Gasteiger partial charge >= 0.3 is 0 Å². The number of hydrogen-bond acceptors (Lipinski definition) is 1. The van der Waals surface area contributed by atoms with Crippen LogP contribution in [0.2, 0.25) is 0 Å². The van der Waals surface area contributed by atoms with Gasteiger partial charge in [0.2, 0.25) is 0 Å². The third-order valence-corrected chi connectivity index (χ3v) is 2.54. The van der Waals surface area contributed by atoms with E-state index in [0.29, 0.717) is 5.56 Å². The molecule has 0 spiro atoms. The average Bonchev–Trinajstić information content (AvgIpc) is 2.40. The fourth-order valence-corrected chi connectivity index (χ4v) is 1.60. The molecule has 0 fully saturated rings. The van der Waals surface area contributed by atoms with E-state index in [9.17, 15) is 4.79 Å². The summed E-state index contributed by atoms with van der Waals surface area (Å²) in [6, 6.07) is 18.6. The van der Waals surface area contributed by atoms with Gasteiger partial charge in [-0.2, -0.15) is 0 Å². The molecule has 0 bridgehead atoms. The molecule has 1 amide bonds. The third kappa shape index (κ3) is 2.94. The van der Waals surface area contributed by atoms with Gasteiger partial charge in [-0.15, -0.1) is 0 Å². The van der Waals surface area contributed by atoms with Crippen LogP contribution in [0.4, 0.5) is 0 Å². The van der Waals surface area contributed by atoms with E-state index in [4.69, 9.17) is 0 Å². The Balaban J connectivity index is 2.05. The SMILES string of the molecule is [CH2]C(NC(=O)c1ccccc1)c1ccccc1. The second-order valence-electron chi connectivity index (χ2n) is 3.80. The fourth-order valence-electron chi connectivity index (χ4n) is 1.60. The number of carbonyl (C=O) groups excluding carboxylic acids is 1. The lowest BCUT2D eigenvalue weighted by Gasteiger charge is -2.13. The standard InChI is InChI=1S/C15H14NO/c1-12(13-8-4-2-5-9-13)16-15(17)14-10-6-3-7-11-14/h2-12H,1H2,(H,16,17). The molecule has 0 aromatic heterocycles. The van der Waals surface area contributed by atoms with Crippen molar-refractivity contribution in [2.45, 2.75) is 6.04 Å². The van der Waals surface area contributed by atoms with Crippen molar-refractivity contribution in [3.63, 3.8) is 0 Å². The van der Waals surface area contributed by atoms with Crippen molar-refractivity contribution in [3.05, 3.63) is 78.7 Å². The van der Waals surface area contributed by atoms with Crippen LogP contribution in [0.15, 0.2) is 60.7 Å². The Morgan fingerprint density at radius 2 is 1.47 bits per heavy atom. The van der Waals surface area contributed by atoms with E-state index in [1.165, 1.54) is 0 Å². The summed E-state index contributed by atoms with van der Waals surface area (Å²) in [5.74, 6) is -0.102. The molecule has 2 aromatic rings. The van der Waals surface area contributed by atoms with Crippen molar-refractivity contribution < 1.29 is 4.79 Å². The first-order valence-corrected chi connectivity index (χ1v) is 5.51. The highest BCUT2D eigenvalue weighted by atomic mass is 16.1. The lowest BCUT2D eigenvalue weighted by atomic mass is 10.1. The Kier molecular flexibility index (Phi) is 3.55. The van der Waals surface area contributed by atoms with Gasteiger partial charge in [-0.3, -0.25) is 4.79 Å². The molecule has 0 aliphatic rings. The highest BCUT2D eigenvalue weighted by molar-refractivity contribution is 5.94. The quantitative estimate of drug-likeness (QED) is 0.853. The van der Waals surface area contributed by atoms with Crippen LogP contribution < -0.4 is 5.32 Å². The Bertz CT molecular complexity index is 479. The zero-order valence-corrected chi connectivity index (χ0v) is 9.47. The smallest absolute Gasteiger partial charge is 0.251 e. The number of hydrogen-bond donors (Lipinski definition) is 1. The molecule has 0 saturated heterocycles. The van der Waals surface area contributed by atoms with E-state index < -0.39 is 0 Å². The number of amides is 1. The van der Waals surface area contributed by atoms with E-state index in [1.807, 2.05) is 48.5 Å². The van der Waals surface area contributed by atoms with Crippen LogP contribution in [-0.4, -0.2) is 5.91 Å². The summed E-state index contributed by atoms with van der Waals surface area (Å²) in [5, 5.41) is 2.86. The van der Waals surface area contributed by atoms with Gasteiger partial charge in [0.1, 0.15) is 0 Å². The highest BCUT2D eigenvalue weighted by Crippen LogP contribution is 2.11. The van der Waals surface area contributed by atoms with Gasteiger partial charge in [0.05, 0.1) is 6.04 Å². The second-order valence-corrected chi connectivity index (χ2v) is 3.80. The molecule has 0 saturated carbocycles. The second kappa shape index (κ2) is 5.30. The van der Waals surface area contributed by atoms with Crippen molar-refractivity contribution in [2.75, 3.05) is 0 Å². The summed E-state index contributed by atoms with van der Waals surface area (Å²) in [4.78, 5) is 11.9. The summed E-state index contributed by atoms with van der Waals surface area (Å²) >= 11 is 0. The van der Waals surface area contributed by atoms with Gasteiger partial charge in [-0.25, -0.2) is 0 Å². The van der Waals surface area contributed by atoms with Crippen molar-refractivity contribution in [1.29, 1.82) is 0 Å².